The number of benzene rings is 1. The molecule has 0 saturated heterocycles. The van der Waals surface area contributed by atoms with Crippen molar-refractivity contribution < 1.29 is 22.7 Å². The highest BCUT2D eigenvalue weighted by molar-refractivity contribution is 5.90. The molecule has 124 valence electrons. The van der Waals surface area contributed by atoms with Gasteiger partial charge in [-0.25, -0.2) is 9.97 Å². The highest BCUT2D eigenvalue weighted by Crippen LogP contribution is 2.31. The normalized spacial score (nSPS) is 11.3. The first-order chi connectivity index (χ1) is 10.8. The summed E-state index contributed by atoms with van der Waals surface area (Å²) >= 11 is 0. The van der Waals surface area contributed by atoms with Gasteiger partial charge in [-0.3, -0.25) is 4.79 Å². The highest BCUT2D eigenvalue weighted by atomic mass is 19.4. The Morgan fingerprint density at radius 3 is 2.61 bits per heavy atom. The molecule has 0 spiro atoms. The van der Waals surface area contributed by atoms with E-state index >= 15 is 0 Å². The zero-order chi connectivity index (χ0) is 17.0. The van der Waals surface area contributed by atoms with Crippen molar-refractivity contribution >= 4 is 22.6 Å². The Hall–Kier alpha value is -2.58. The lowest BCUT2D eigenvalue weighted by Crippen LogP contribution is -2.26. The summed E-state index contributed by atoms with van der Waals surface area (Å²) in [4.78, 5) is 17.9. The summed E-state index contributed by atoms with van der Waals surface area (Å²) < 4.78 is 43.8. The third kappa shape index (κ3) is 4.21. The number of hydrogen-bond donors (Lipinski definition) is 2. The van der Waals surface area contributed by atoms with Gasteiger partial charge in [0.2, 0.25) is 11.7 Å². The maximum atomic E-state index is 12.9. The number of hydrogen-bond acceptors (Lipinski definition) is 5. The lowest BCUT2D eigenvalue weighted by atomic mass is 10.2. The van der Waals surface area contributed by atoms with Gasteiger partial charge >= 0.3 is 6.18 Å². The Morgan fingerprint density at radius 1 is 1.26 bits per heavy atom. The van der Waals surface area contributed by atoms with Crippen LogP contribution < -0.4 is 15.4 Å². The summed E-state index contributed by atoms with van der Waals surface area (Å²) in [6.45, 7) is 1.85. The molecule has 23 heavy (non-hydrogen) atoms. The van der Waals surface area contributed by atoms with Crippen molar-refractivity contribution in [2.45, 2.75) is 13.1 Å². The smallest absolute Gasteiger partial charge is 0.451 e. The molecule has 1 heterocycles. The van der Waals surface area contributed by atoms with E-state index in [9.17, 15) is 18.0 Å². The Bertz CT molecular complexity index is 719. The number of rotatable bonds is 5. The Kier molecular flexibility index (Phi) is 4.87. The number of amides is 1. The minimum atomic E-state index is -4.66. The Morgan fingerprint density at radius 2 is 2.00 bits per heavy atom. The largest absolute Gasteiger partial charge is 0.497 e. The summed E-state index contributed by atoms with van der Waals surface area (Å²) in [5, 5.41) is 5.76. The minimum absolute atomic E-state index is 0.0512. The number of anilines is 1. The molecule has 0 radical (unpaired) electrons. The SMILES string of the molecule is COc1ccc2c(NCCNC(C)=O)nc(C(F)(F)F)nc2c1. The number of methoxy groups -OCH3 is 1. The number of carbonyl (C=O) groups excluding carboxylic acids is 1. The summed E-state index contributed by atoms with van der Waals surface area (Å²) in [5.74, 6) is -1.01. The molecule has 2 aromatic rings. The molecule has 0 fully saturated rings. The van der Waals surface area contributed by atoms with E-state index in [4.69, 9.17) is 4.74 Å². The van der Waals surface area contributed by atoms with Crippen LogP contribution in [0.3, 0.4) is 0 Å². The van der Waals surface area contributed by atoms with Crippen LogP contribution in [0.2, 0.25) is 0 Å². The molecule has 0 atom stereocenters. The second-order valence-corrected chi connectivity index (χ2v) is 4.69. The Balaban J connectivity index is 2.37. The Labute approximate surface area is 130 Å². The van der Waals surface area contributed by atoms with E-state index in [0.717, 1.165) is 0 Å². The quantitative estimate of drug-likeness (QED) is 0.823. The molecule has 1 amide bonds. The van der Waals surface area contributed by atoms with Crippen molar-refractivity contribution in [1.82, 2.24) is 15.3 Å². The fourth-order valence-electron chi connectivity index (χ4n) is 1.92. The zero-order valence-electron chi connectivity index (χ0n) is 12.5. The summed E-state index contributed by atoms with van der Waals surface area (Å²) in [7, 11) is 1.42. The van der Waals surface area contributed by atoms with E-state index in [1.54, 1.807) is 12.1 Å². The third-order valence-corrected chi connectivity index (χ3v) is 2.95. The van der Waals surface area contributed by atoms with Crippen LogP contribution in [0, 0.1) is 0 Å². The molecule has 1 aromatic heterocycles. The van der Waals surface area contributed by atoms with Crippen LogP contribution in [0.15, 0.2) is 18.2 Å². The number of carbonyl (C=O) groups is 1. The first kappa shape index (κ1) is 16.8. The number of nitrogens with zero attached hydrogens (tertiary/aromatic N) is 2. The molecule has 0 aliphatic carbocycles. The van der Waals surface area contributed by atoms with Crippen molar-refractivity contribution in [3.63, 3.8) is 0 Å². The second-order valence-electron chi connectivity index (χ2n) is 4.69. The third-order valence-electron chi connectivity index (χ3n) is 2.95. The lowest BCUT2D eigenvalue weighted by Gasteiger charge is -2.13. The van der Waals surface area contributed by atoms with Crippen LogP contribution in [-0.4, -0.2) is 36.1 Å². The van der Waals surface area contributed by atoms with Crippen LogP contribution in [-0.2, 0) is 11.0 Å². The van der Waals surface area contributed by atoms with Crippen molar-refractivity contribution in [2.75, 3.05) is 25.5 Å². The van der Waals surface area contributed by atoms with E-state index in [1.165, 1.54) is 20.1 Å². The molecule has 0 unspecified atom stereocenters. The van der Waals surface area contributed by atoms with Gasteiger partial charge in [0, 0.05) is 31.5 Å². The van der Waals surface area contributed by atoms with Gasteiger partial charge in [-0.15, -0.1) is 0 Å². The monoisotopic (exact) mass is 328 g/mol. The van der Waals surface area contributed by atoms with Crippen LogP contribution in [0.5, 0.6) is 5.75 Å². The van der Waals surface area contributed by atoms with Gasteiger partial charge in [-0.2, -0.15) is 13.2 Å². The molecule has 0 aliphatic heterocycles. The molecule has 2 N–H and O–H groups in total. The topological polar surface area (TPSA) is 76.1 Å². The van der Waals surface area contributed by atoms with E-state index in [1.807, 2.05) is 0 Å². The van der Waals surface area contributed by atoms with Gasteiger partial charge in [0.1, 0.15) is 11.6 Å². The van der Waals surface area contributed by atoms with Gasteiger partial charge in [0.25, 0.3) is 0 Å². The standard InChI is InChI=1S/C14H15F3N4O2/c1-8(22)18-5-6-19-12-10-4-3-9(23-2)7-11(10)20-13(21-12)14(15,16)17/h3-4,7H,5-6H2,1-2H3,(H,18,22)(H,19,20,21). The zero-order valence-corrected chi connectivity index (χ0v) is 12.5. The molecule has 0 saturated carbocycles. The van der Waals surface area contributed by atoms with Gasteiger partial charge in [-0.05, 0) is 12.1 Å². The highest BCUT2D eigenvalue weighted by Gasteiger charge is 2.35. The summed E-state index contributed by atoms with van der Waals surface area (Å²) in [6.07, 6.45) is -4.66. The average Bonchev–Trinajstić information content (AvgIpc) is 2.49. The van der Waals surface area contributed by atoms with Gasteiger partial charge in [0.05, 0.1) is 12.6 Å². The van der Waals surface area contributed by atoms with E-state index < -0.39 is 12.0 Å². The molecule has 6 nitrogen and oxygen atoms in total. The van der Waals surface area contributed by atoms with Crippen LogP contribution >= 0.6 is 0 Å². The van der Waals surface area contributed by atoms with Gasteiger partial charge < -0.3 is 15.4 Å². The number of nitrogens with one attached hydrogen (secondary N) is 2. The van der Waals surface area contributed by atoms with Crippen LogP contribution in [0.25, 0.3) is 10.9 Å². The molecular weight excluding hydrogens is 313 g/mol. The summed E-state index contributed by atoms with van der Waals surface area (Å²) in [5.41, 5.74) is 0.119. The number of fused-ring (bicyclic) bond motifs is 1. The van der Waals surface area contributed by atoms with E-state index in [2.05, 4.69) is 20.6 Å². The fraction of sp³-hybridized carbons (Fsp3) is 0.357. The first-order valence-corrected chi connectivity index (χ1v) is 6.72. The minimum Gasteiger partial charge on any atom is -0.497 e. The van der Waals surface area contributed by atoms with Crippen molar-refractivity contribution in [2.24, 2.45) is 0 Å². The van der Waals surface area contributed by atoms with Gasteiger partial charge in [-0.1, -0.05) is 0 Å². The number of aromatic nitrogens is 2. The van der Waals surface area contributed by atoms with Crippen molar-refractivity contribution in [3.8, 4) is 5.75 Å². The maximum absolute atomic E-state index is 12.9. The number of ether oxygens (including phenoxy) is 1. The summed E-state index contributed by atoms with van der Waals surface area (Å²) in [6, 6.07) is 4.60. The van der Waals surface area contributed by atoms with Crippen LogP contribution in [0.1, 0.15) is 12.7 Å². The first-order valence-electron chi connectivity index (χ1n) is 6.72. The van der Waals surface area contributed by atoms with E-state index in [0.29, 0.717) is 11.1 Å². The number of alkyl halides is 3. The molecule has 0 aliphatic rings. The molecule has 9 heteroatoms. The van der Waals surface area contributed by atoms with Crippen LogP contribution in [0.4, 0.5) is 19.0 Å². The second kappa shape index (κ2) is 6.67. The van der Waals surface area contributed by atoms with Crippen molar-refractivity contribution in [3.05, 3.63) is 24.0 Å². The number of halogens is 3. The van der Waals surface area contributed by atoms with Gasteiger partial charge in [0.15, 0.2) is 0 Å². The maximum Gasteiger partial charge on any atom is 0.451 e. The predicted molar refractivity (Wildman–Crippen MR) is 78.3 cm³/mol. The molecule has 1 aromatic carbocycles. The fourth-order valence-corrected chi connectivity index (χ4v) is 1.92. The lowest BCUT2D eigenvalue weighted by molar-refractivity contribution is -0.144. The average molecular weight is 328 g/mol. The molecule has 2 rings (SSSR count). The predicted octanol–water partition coefficient (Wildman–Crippen LogP) is 2.21. The molecule has 0 bridgehead atoms. The molecular formula is C14H15F3N4O2. The van der Waals surface area contributed by atoms with E-state index in [-0.39, 0.29) is 30.3 Å². The van der Waals surface area contributed by atoms with Crippen molar-refractivity contribution in [1.29, 1.82) is 0 Å².